The molecule has 0 spiro atoms. The zero-order chi connectivity index (χ0) is 28.3. The van der Waals surface area contributed by atoms with Crippen LogP contribution in [0.3, 0.4) is 0 Å². The minimum absolute atomic E-state index is 0.0492. The van der Waals surface area contributed by atoms with Crippen molar-refractivity contribution in [2.45, 2.75) is 31.5 Å². The molecule has 6 rings (SSSR count). The molecule has 1 saturated heterocycles. The Hall–Kier alpha value is -4.27. The number of H-pyrrole nitrogens is 1. The molecule has 0 aliphatic carbocycles. The Morgan fingerprint density at radius 1 is 0.927 bits per heavy atom. The molecule has 41 heavy (non-hydrogen) atoms. The number of carbonyl (C=O) groups is 2. The average molecular weight is 549 g/mol. The second kappa shape index (κ2) is 11.7. The number of aromatic nitrogens is 2. The first-order valence-electron chi connectivity index (χ1n) is 14.3. The zero-order valence-electron chi connectivity index (χ0n) is 23.4. The van der Waals surface area contributed by atoms with Crippen LogP contribution < -0.4 is 5.73 Å². The van der Waals surface area contributed by atoms with Crippen molar-refractivity contribution < 1.29 is 9.59 Å². The summed E-state index contributed by atoms with van der Waals surface area (Å²) in [7, 11) is 2.07. The third-order valence-corrected chi connectivity index (χ3v) is 8.29. The number of rotatable bonds is 6. The molecule has 8 nitrogen and oxygen atoms in total. The highest BCUT2D eigenvalue weighted by molar-refractivity contribution is 5.94. The Kier molecular flexibility index (Phi) is 7.67. The van der Waals surface area contributed by atoms with Crippen LogP contribution in [0.15, 0.2) is 85.1 Å². The molecule has 1 fully saturated rings. The lowest BCUT2D eigenvalue weighted by molar-refractivity contribution is -0.136. The van der Waals surface area contributed by atoms with Gasteiger partial charge in [0.15, 0.2) is 0 Å². The van der Waals surface area contributed by atoms with Crippen molar-refractivity contribution in [3.63, 3.8) is 0 Å². The number of amides is 2. The van der Waals surface area contributed by atoms with E-state index in [-0.39, 0.29) is 17.9 Å². The van der Waals surface area contributed by atoms with Crippen LogP contribution in [-0.4, -0.2) is 75.8 Å². The number of hydrogen-bond acceptors (Lipinski definition) is 5. The molecule has 0 radical (unpaired) electrons. The van der Waals surface area contributed by atoms with Gasteiger partial charge in [-0.25, -0.2) is 4.98 Å². The van der Waals surface area contributed by atoms with E-state index < -0.39 is 6.04 Å². The quantitative estimate of drug-likeness (QED) is 0.383. The molecule has 0 bridgehead atoms. The predicted molar refractivity (Wildman–Crippen MR) is 159 cm³/mol. The summed E-state index contributed by atoms with van der Waals surface area (Å²) in [5.74, 6) is 0.693. The standard InChI is InChI=1S/C33H36N6O2/c1-37-15-17-38(18-16-37)32(40)25-13-11-23(12-14-25)19-28(34)33(41)39-22-27-10-6-5-9-26(27)20-30(39)31-35-21-29(36-31)24-7-3-2-4-8-24/h2-14,21,28,30H,15-20,22,34H2,1H3,(H,35,36)/t28-,30-/m0/s1. The van der Waals surface area contributed by atoms with Crippen molar-refractivity contribution in [3.8, 4) is 11.3 Å². The van der Waals surface area contributed by atoms with Gasteiger partial charge in [-0.2, -0.15) is 0 Å². The van der Waals surface area contributed by atoms with Gasteiger partial charge in [0.2, 0.25) is 5.91 Å². The lowest BCUT2D eigenvalue weighted by Crippen LogP contribution is -2.48. The fourth-order valence-electron chi connectivity index (χ4n) is 5.80. The van der Waals surface area contributed by atoms with Crippen molar-refractivity contribution in [2.24, 2.45) is 5.73 Å². The van der Waals surface area contributed by atoms with Crippen LogP contribution in [0.1, 0.15) is 38.9 Å². The van der Waals surface area contributed by atoms with E-state index in [1.807, 2.05) is 82.7 Å². The number of benzene rings is 3. The van der Waals surface area contributed by atoms with Crippen LogP contribution >= 0.6 is 0 Å². The van der Waals surface area contributed by atoms with Crippen LogP contribution in [0.4, 0.5) is 0 Å². The van der Waals surface area contributed by atoms with E-state index in [1.54, 1.807) is 0 Å². The molecule has 2 atom stereocenters. The first-order valence-corrected chi connectivity index (χ1v) is 14.3. The fourth-order valence-corrected chi connectivity index (χ4v) is 5.80. The Bertz CT molecular complexity index is 1510. The number of nitrogens with zero attached hydrogens (tertiary/aromatic N) is 4. The van der Waals surface area contributed by atoms with Crippen LogP contribution in [-0.2, 0) is 24.2 Å². The molecule has 210 valence electrons. The topological polar surface area (TPSA) is 98.6 Å². The lowest BCUT2D eigenvalue weighted by atomic mass is 9.92. The number of carbonyl (C=O) groups excluding carboxylic acids is 2. The number of nitrogens with two attached hydrogens (primary N) is 1. The SMILES string of the molecule is CN1CCN(C(=O)c2ccc(C[C@H](N)C(=O)N3Cc4ccccc4C[C@H]3c3ncc(-c4ccccc4)[nH]3)cc2)CC1. The van der Waals surface area contributed by atoms with Gasteiger partial charge in [0.1, 0.15) is 5.82 Å². The smallest absolute Gasteiger partial charge is 0.253 e. The lowest BCUT2D eigenvalue weighted by Gasteiger charge is -2.37. The van der Waals surface area contributed by atoms with Crippen molar-refractivity contribution in [1.82, 2.24) is 24.7 Å². The van der Waals surface area contributed by atoms with Crippen LogP contribution in [0.25, 0.3) is 11.3 Å². The maximum Gasteiger partial charge on any atom is 0.253 e. The summed E-state index contributed by atoms with van der Waals surface area (Å²) in [6, 6.07) is 24.9. The van der Waals surface area contributed by atoms with E-state index in [0.29, 0.717) is 24.9 Å². The molecule has 3 heterocycles. The molecule has 2 aliphatic heterocycles. The summed E-state index contributed by atoms with van der Waals surface area (Å²) in [6.45, 7) is 3.72. The number of hydrogen-bond donors (Lipinski definition) is 2. The Morgan fingerprint density at radius 2 is 1.61 bits per heavy atom. The van der Waals surface area contributed by atoms with Gasteiger partial charge in [0.05, 0.1) is 24.0 Å². The molecule has 8 heteroatoms. The van der Waals surface area contributed by atoms with Gasteiger partial charge in [0, 0.05) is 44.7 Å². The molecular formula is C33H36N6O2. The highest BCUT2D eigenvalue weighted by atomic mass is 16.2. The first-order chi connectivity index (χ1) is 20.0. The Labute approximate surface area is 240 Å². The molecular weight excluding hydrogens is 512 g/mol. The minimum atomic E-state index is -0.717. The van der Waals surface area contributed by atoms with Gasteiger partial charge < -0.3 is 25.4 Å². The highest BCUT2D eigenvalue weighted by Crippen LogP contribution is 2.33. The van der Waals surface area contributed by atoms with Gasteiger partial charge in [-0.15, -0.1) is 0 Å². The van der Waals surface area contributed by atoms with Crippen LogP contribution in [0, 0.1) is 0 Å². The number of imidazole rings is 1. The molecule has 2 amide bonds. The van der Waals surface area contributed by atoms with Crippen LogP contribution in [0.2, 0.25) is 0 Å². The number of fused-ring (bicyclic) bond motifs is 1. The van der Waals surface area contributed by atoms with E-state index in [1.165, 1.54) is 5.56 Å². The van der Waals surface area contributed by atoms with Crippen molar-refractivity contribution >= 4 is 11.8 Å². The largest absolute Gasteiger partial charge is 0.340 e. The number of likely N-dealkylation sites (N-methyl/N-ethyl adjacent to an activating group) is 1. The summed E-state index contributed by atoms with van der Waals surface area (Å²) in [6.07, 6.45) is 2.89. The van der Waals surface area contributed by atoms with Gasteiger partial charge in [0.25, 0.3) is 5.91 Å². The third kappa shape index (κ3) is 5.80. The predicted octanol–water partition coefficient (Wildman–Crippen LogP) is 3.66. The molecule has 0 unspecified atom stereocenters. The molecule has 1 aromatic heterocycles. The number of piperazine rings is 1. The van der Waals surface area contributed by atoms with Gasteiger partial charge in [-0.3, -0.25) is 9.59 Å². The molecule has 3 N–H and O–H groups in total. The molecule has 0 saturated carbocycles. The highest BCUT2D eigenvalue weighted by Gasteiger charge is 2.35. The summed E-state index contributed by atoms with van der Waals surface area (Å²) in [4.78, 5) is 41.0. The minimum Gasteiger partial charge on any atom is -0.340 e. The van der Waals surface area contributed by atoms with Crippen molar-refractivity contribution in [1.29, 1.82) is 0 Å². The maximum atomic E-state index is 13.9. The maximum absolute atomic E-state index is 13.9. The van der Waals surface area contributed by atoms with Gasteiger partial charge >= 0.3 is 0 Å². The van der Waals surface area contributed by atoms with Gasteiger partial charge in [-0.05, 0) is 47.9 Å². The second-order valence-corrected chi connectivity index (χ2v) is 11.1. The van der Waals surface area contributed by atoms with E-state index in [2.05, 4.69) is 29.1 Å². The molecule has 4 aromatic rings. The summed E-state index contributed by atoms with van der Waals surface area (Å²) in [5, 5.41) is 0. The zero-order valence-corrected chi connectivity index (χ0v) is 23.4. The Balaban J connectivity index is 1.18. The third-order valence-electron chi connectivity index (χ3n) is 8.29. The Morgan fingerprint density at radius 3 is 2.34 bits per heavy atom. The first kappa shape index (κ1) is 26.9. The van der Waals surface area contributed by atoms with Crippen LogP contribution in [0.5, 0.6) is 0 Å². The summed E-state index contributed by atoms with van der Waals surface area (Å²) >= 11 is 0. The van der Waals surface area contributed by atoms with Crippen molar-refractivity contribution in [3.05, 3.63) is 113 Å². The second-order valence-electron chi connectivity index (χ2n) is 11.1. The fraction of sp³-hybridized carbons (Fsp3) is 0.303. The average Bonchev–Trinajstić information content (AvgIpc) is 3.51. The monoisotopic (exact) mass is 548 g/mol. The number of aromatic amines is 1. The van der Waals surface area contributed by atoms with Crippen molar-refractivity contribution in [2.75, 3.05) is 33.2 Å². The summed E-state index contributed by atoms with van der Waals surface area (Å²) in [5.41, 5.74) is 12.5. The van der Waals surface area contributed by atoms with E-state index >= 15 is 0 Å². The van der Waals surface area contributed by atoms with Gasteiger partial charge in [-0.1, -0.05) is 66.7 Å². The van der Waals surface area contributed by atoms with E-state index in [0.717, 1.165) is 54.4 Å². The molecule has 2 aliphatic rings. The number of nitrogens with one attached hydrogen (secondary N) is 1. The molecule has 3 aromatic carbocycles. The normalized spacial score (nSPS) is 18.1. The summed E-state index contributed by atoms with van der Waals surface area (Å²) < 4.78 is 0. The van der Waals surface area contributed by atoms with E-state index in [9.17, 15) is 9.59 Å². The van der Waals surface area contributed by atoms with E-state index in [4.69, 9.17) is 10.7 Å².